The molecule has 2 N–H and O–H groups in total. The van der Waals surface area contributed by atoms with Crippen LogP contribution in [0.3, 0.4) is 0 Å². The molecule has 2 heterocycles. The summed E-state index contributed by atoms with van der Waals surface area (Å²) in [6.07, 6.45) is 3.98. The number of carbonyl (C=O) groups excluding carboxylic acids is 1. The van der Waals surface area contributed by atoms with Gasteiger partial charge in [0.05, 0.1) is 7.11 Å². The summed E-state index contributed by atoms with van der Waals surface area (Å²) in [7, 11) is 1.59. The zero-order chi connectivity index (χ0) is 18.9. The highest BCUT2D eigenvalue weighted by Gasteiger charge is 2.13. The first kappa shape index (κ1) is 18.8. The largest absolute Gasteiger partial charge is 0.497 e. The average molecular weight is 371 g/mol. The third kappa shape index (κ3) is 5.73. The Hall–Kier alpha value is -3.03. The van der Waals surface area contributed by atoms with Crippen molar-refractivity contribution in [3.8, 4) is 11.5 Å². The summed E-state index contributed by atoms with van der Waals surface area (Å²) in [5.74, 6) is 2.81. The first-order valence-corrected chi connectivity index (χ1v) is 9.09. The normalized spacial score (nSPS) is 13.3. The molecule has 0 bridgehead atoms. The molecule has 0 spiro atoms. The molecule has 1 aliphatic heterocycles. The maximum absolute atomic E-state index is 11.9. The number of aromatic nitrogens is 2. The number of carbonyl (C=O) groups is 1. The van der Waals surface area contributed by atoms with Crippen LogP contribution in [0.15, 0.2) is 36.7 Å². The zero-order valence-corrected chi connectivity index (χ0v) is 15.5. The second kappa shape index (κ2) is 9.61. The Bertz CT molecular complexity index is 750. The van der Waals surface area contributed by atoms with Gasteiger partial charge < -0.3 is 25.0 Å². The summed E-state index contributed by atoms with van der Waals surface area (Å²) >= 11 is 0. The average Bonchev–Trinajstić information content (AvgIpc) is 3.25. The lowest BCUT2D eigenvalue weighted by Crippen LogP contribution is -2.32. The van der Waals surface area contributed by atoms with Gasteiger partial charge in [0.25, 0.3) is 5.91 Å². The number of nitrogens with zero attached hydrogens (tertiary/aromatic N) is 3. The summed E-state index contributed by atoms with van der Waals surface area (Å²) < 4.78 is 10.6. The van der Waals surface area contributed by atoms with E-state index in [1.165, 1.54) is 12.8 Å². The van der Waals surface area contributed by atoms with Gasteiger partial charge in [-0.3, -0.25) is 4.79 Å². The predicted molar refractivity (Wildman–Crippen MR) is 103 cm³/mol. The third-order valence-electron chi connectivity index (χ3n) is 4.25. The number of hydrogen-bond acceptors (Lipinski definition) is 7. The molecule has 0 radical (unpaired) electrons. The molecule has 0 saturated carbocycles. The van der Waals surface area contributed by atoms with Crippen LogP contribution >= 0.6 is 0 Å². The molecule has 1 saturated heterocycles. The number of anilines is 2. The van der Waals surface area contributed by atoms with Crippen LogP contribution in [0, 0.1) is 0 Å². The third-order valence-corrected chi connectivity index (χ3v) is 4.25. The summed E-state index contributed by atoms with van der Waals surface area (Å²) in [4.78, 5) is 22.7. The van der Waals surface area contributed by atoms with E-state index in [2.05, 4.69) is 25.5 Å². The molecule has 1 aliphatic rings. The quantitative estimate of drug-likeness (QED) is 0.649. The first-order valence-electron chi connectivity index (χ1n) is 9.09. The number of nitrogens with one attached hydrogen (secondary N) is 2. The molecule has 144 valence electrons. The second-order valence-electron chi connectivity index (χ2n) is 6.20. The number of hydrogen-bond donors (Lipinski definition) is 2. The van der Waals surface area contributed by atoms with E-state index in [1.54, 1.807) is 25.6 Å². The highest BCUT2D eigenvalue weighted by atomic mass is 16.5. The molecule has 1 amide bonds. The van der Waals surface area contributed by atoms with Gasteiger partial charge in [-0.2, -0.15) is 0 Å². The molecule has 0 aliphatic carbocycles. The van der Waals surface area contributed by atoms with Gasteiger partial charge in [-0.1, -0.05) is 6.07 Å². The monoisotopic (exact) mass is 371 g/mol. The zero-order valence-electron chi connectivity index (χ0n) is 15.5. The number of rotatable bonds is 9. The predicted octanol–water partition coefficient (Wildman–Crippen LogP) is 1.69. The van der Waals surface area contributed by atoms with Crippen molar-refractivity contribution in [2.24, 2.45) is 0 Å². The van der Waals surface area contributed by atoms with Crippen molar-refractivity contribution >= 4 is 17.5 Å². The lowest BCUT2D eigenvalue weighted by Gasteiger charge is -2.16. The van der Waals surface area contributed by atoms with Gasteiger partial charge in [0.15, 0.2) is 6.61 Å². The van der Waals surface area contributed by atoms with Crippen LogP contribution < -0.4 is 25.0 Å². The van der Waals surface area contributed by atoms with E-state index in [4.69, 9.17) is 9.47 Å². The van der Waals surface area contributed by atoms with Gasteiger partial charge in [-0.25, -0.2) is 9.97 Å². The topological polar surface area (TPSA) is 88.6 Å². The smallest absolute Gasteiger partial charge is 0.258 e. The van der Waals surface area contributed by atoms with Crippen molar-refractivity contribution in [2.75, 3.05) is 50.1 Å². The Balaban J connectivity index is 1.36. The van der Waals surface area contributed by atoms with E-state index in [9.17, 15) is 4.79 Å². The lowest BCUT2D eigenvalue weighted by molar-refractivity contribution is -0.123. The van der Waals surface area contributed by atoms with Crippen molar-refractivity contribution in [2.45, 2.75) is 12.8 Å². The highest BCUT2D eigenvalue weighted by molar-refractivity contribution is 5.77. The molecule has 0 atom stereocenters. The molecule has 3 rings (SSSR count). The van der Waals surface area contributed by atoms with Crippen LogP contribution in [0.4, 0.5) is 11.6 Å². The highest BCUT2D eigenvalue weighted by Crippen LogP contribution is 2.19. The van der Waals surface area contributed by atoms with E-state index < -0.39 is 0 Å². The Morgan fingerprint density at radius 3 is 2.78 bits per heavy atom. The van der Waals surface area contributed by atoms with E-state index in [0.29, 0.717) is 24.6 Å². The van der Waals surface area contributed by atoms with Gasteiger partial charge in [-0.15, -0.1) is 0 Å². The molecular weight excluding hydrogens is 346 g/mol. The Morgan fingerprint density at radius 1 is 1.15 bits per heavy atom. The van der Waals surface area contributed by atoms with Crippen LogP contribution in [-0.2, 0) is 4.79 Å². The van der Waals surface area contributed by atoms with E-state index in [-0.39, 0.29) is 12.5 Å². The van der Waals surface area contributed by atoms with Gasteiger partial charge in [0, 0.05) is 38.3 Å². The Kier molecular flexibility index (Phi) is 6.67. The van der Waals surface area contributed by atoms with Gasteiger partial charge in [-0.05, 0) is 25.0 Å². The standard InChI is InChI=1S/C19H25N5O3/c1-26-15-5-4-6-16(11-15)27-13-19(25)21-8-7-20-17-12-18(23-14-22-17)24-9-2-3-10-24/h4-6,11-12,14H,2-3,7-10,13H2,1H3,(H,21,25)(H,20,22,23). The second-order valence-corrected chi connectivity index (χ2v) is 6.20. The van der Waals surface area contributed by atoms with Crippen molar-refractivity contribution in [3.63, 3.8) is 0 Å². The molecule has 8 heteroatoms. The van der Waals surface area contributed by atoms with Crippen molar-refractivity contribution in [1.82, 2.24) is 15.3 Å². The minimum absolute atomic E-state index is 0.0419. The maximum Gasteiger partial charge on any atom is 0.258 e. The summed E-state index contributed by atoms with van der Waals surface area (Å²) in [6, 6.07) is 9.10. The van der Waals surface area contributed by atoms with Crippen molar-refractivity contribution < 1.29 is 14.3 Å². The van der Waals surface area contributed by atoms with Crippen LogP contribution in [0.5, 0.6) is 11.5 Å². The fourth-order valence-electron chi connectivity index (χ4n) is 2.85. The minimum atomic E-state index is -0.180. The van der Waals surface area contributed by atoms with Gasteiger partial charge >= 0.3 is 0 Å². The number of amides is 1. The van der Waals surface area contributed by atoms with Crippen LogP contribution in [0.2, 0.25) is 0 Å². The van der Waals surface area contributed by atoms with Gasteiger partial charge in [0.1, 0.15) is 29.5 Å². The van der Waals surface area contributed by atoms with E-state index in [1.807, 2.05) is 18.2 Å². The SMILES string of the molecule is COc1cccc(OCC(=O)NCCNc2cc(N3CCCC3)ncn2)c1. The summed E-state index contributed by atoms with van der Waals surface area (Å²) in [6.45, 7) is 3.09. The number of benzene rings is 1. The number of ether oxygens (including phenoxy) is 2. The summed E-state index contributed by atoms with van der Waals surface area (Å²) in [5.41, 5.74) is 0. The van der Waals surface area contributed by atoms with Gasteiger partial charge in [0.2, 0.25) is 0 Å². The minimum Gasteiger partial charge on any atom is -0.497 e. The van der Waals surface area contributed by atoms with Crippen LogP contribution in [0.25, 0.3) is 0 Å². The lowest BCUT2D eigenvalue weighted by atomic mass is 10.3. The fraction of sp³-hybridized carbons (Fsp3) is 0.421. The van der Waals surface area contributed by atoms with Crippen LogP contribution in [-0.4, -0.2) is 55.8 Å². The molecule has 2 aromatic rings. The fourth-order valence-corrected chi connectivity index (χ4v) is 2.85. The van der Waals surface area contributed by atoms with E-state index >= 15 is 0 Å². The summed E-state index contributed by atoms with van der Waals surface area (Å²) in [5, 5.41) is 6.01. The molecule has 27 heavy (non-hydrogen) atoms. The molecule has 0 unspecified atom stereocenters. The van der Waals surface area contributed by atoms with Crippen LogP contribution in [0.1, 0.15) is 12.8 Å². The van der Waals surface area contributed by atoms with Crippen molar-refractivity contribution in [3.05, 3.63) is 36.7 Å². The molecular formula is C19H25N5O3. The molecule has 8 nitrogen and oxygen atoms in total. The van der Waals surface area contributed by atoms with Crippen molar-refractivity contribution in [1.29, 1.82) is 0 Å². The Morgan fingerprint density at radius 2 is 1.96 bits per heavy atom. The molecule has 1 fully saturated rings. The number of methoxy groups -OCH3 is 1. The maximum atomic E-state index is 11.9. The first-order chi connectivity index (χ1) is 13.2. The molecule has 1 aromatic heterocycles. The molecule has 1 aromatic carbocycles. The Labute approximate surface area is 158 Å². The van der Waals surface area contributed by atoms with E-state index in [0.717, 1.165) is 24.7 Å².